The van der Waals surface area contributed by atoms with Crippen LogP contribution in [0.25, 0.3) is 0 Å². The molecule has 1 saturated carbocycles. The Kier molecular flexibility index (Phi) is 0.520. The summed E-state index contributed by atoms with van der Waals surface area (Å²) in [6, 6.07) is 0.102. The van der Waals surface area contributed by atoms with Gasteiger partial charge in [-0.1, -0.05) is 6.92 Å². The Balaban J connectivity index is 2.51. The molecular formula is C4H8N2. The number of nitrogens with one attached hydrogen (secondary N) is 1. The molecule has 0 saturated heterocycles. The van der Waals surface area contributed by atoms with Crippen molar-refractivity contribution in [2.45, 2.75) is 13.0 Å². The normalized spacial score (nSPS) is 43.3. The quantitative estimate of drug-likeness (QED) is 0.426. The average Bonchev–Trinajstić information content (AvgIpc) is 1.94. The summed E-state index contributed by atoms with van der Waals surface area (Å²) >= 11 is 0. The Morgan fingerprint density at radius 2 is 2.00 bits per heavy atom. The van der Waals surface area contributed by atoms with Crippen molar-refractivity contribution in [3.05, 3.63) is 0 Å². The average molecular weight is 84.1 g/mol. The van der Waals surface area contributed by atoms with Crippen molar-refractivity contribution in [1.29, 1.82) is 5.41 Å². The highest BCUT2D eigenvalue weighted by Gasteiger charge is 2.36. The fourth-order valence-electron chi connectivity index (χ4n) is 0.421. The molecule has 1 aliphatic rings. The van der Waals surface area contributed by atoms with Crippen molar-refractivity contribution in [1.82, 2.24) is 0 Å². The monoisotopic (exact) mass is 84.1 g/mol. The molecule has 0 aromatic heterocycles. The predicted molar refractivity (Wildman–Crippen MR) is 24.9 cm³/mol. The zero-order valence-corrected chi connectivity index (χ0v) is 3.73. The van der Waals surface area contributed by atoms with E-state index in [1.165, 1.54) is 0 Å². The minimum atomic E-state index is 0.102. The van der Waals surface area contributed by atoms with Gasteiger partial charge in [0.25, 0.3) is 0 Å². The molecule has 0 aliphatic heterocycles. The first kappa shape index (κ1) is 3.81. The van der Waals surface area contributed by atoms with E-state index in [4.69, 9.17) is 11.1 Å². The van der Waals surface area contributed by atoms with Gasteiger partial charge in [-0.05, 0) is 0 Å². The fourth-order valence-corrected chi connectivity index (χ4v) is 0.421. The summed E-state index contributed by atoms with van der Waals surface area (Å²) in [5.74, 6) is 0.380. The molecule has 3 N–H and O–H groups in total. The lowest BCUT2D eigenvalue weighted by Gasteiger charge is -1.66. The van der Waals surface area contributed by atoms with Crippen molar-refractivity contribution >= 4 is 5.71 Å². The molecule has 2 atom stereocenters. The van der Waals surface area contributed by atoms with Gasteiger partial charge in [0, 0.05) is 11.6 Å². The maximum absolute atomic E-state index is 6.90. The van der Waals surface area contributed by atoms with E-state index < -0.39 is 0 Å². The highest BCUT2D eigenvalue weighted by Crippen LogP contribution is 2.20. The molecule has 0 bridgehead atoms. The van der Waals surface area contributed by atoms with E-state index in [0.29, 0.717) is 11.6 Å². The smallest absolute Gasteiger partial charge is 0.0505 e. The van der Waals surface area contributed by atoms with Crippen LogP contribution >= 0.6 is 0 Å². The maximum atomic E-state index is 6.90. The van der Waals surface area contributed by atoms with Gasteiger partial charge in [0.2, 0.25) is 0 Å². The third-order valence-electron chi connectivity index (χ3n) is 1.28. The molecule has 0 heterocycles. The number of nitrogens with two attached hydrogens (primary N) is 1. The molecule has 0 aromatic rings. The van der Waals surface area contributed by atoms with E-state index in [9.17, 15) is 0 Å². The number of hydrogen-bond donors (Lipinski definition) is 2. The second kappa shape index (κ2) is 0.819. The predicted octanol–water partition coefficient (Wildman–Crippen LogP) is -0.0168. The van der Waals surface area contributed by atoms with Crippen LogP contribution in [-0.4, -0.2) is 11.8 Å². The van der Waals surface area contributed by atoms with Crippen LogP contribution in [0.2, 0.25) is 0 Å². The SMILES string of the molecule is CC1C(=N)C1N. The van der Waals surface area contributed by atoms with Crippen molar-refractivity contribution in [2.75, 3.05) is 0 Å². The van der Waals surface area contributed by atoms with E-state index in [1.54, 1.807) is 0 Å². The van der Waals surface area contributed by atoms with Crippen molar-refractivity contribution < 1.29 is 0 Å². The van der Waals surface area contributed by atoms with Crippen LogP contribution in [0.1, 0.15) is 6.92 Å². The van der Waals surface area contributed by atoms with Gasteiger partial charge in [0.15, 0.2) is 0 Å². The van der Waals surface area contributed by atoms with Crippen LogP contribution in [0, 0.1) is 11.3 Å². The van der Waals surface area contributed by atoms with Crippen LogP contribution in [0.4, 0.5) is 0 Å². The molecule has 34 valence electrons. The lowest BCUT2D eigenvalue weighted by molar-refractivity contribution is 0.898. The summed E-state index contributed by atoms with van der Waals surface area (Å²) in [6.07, 6.45) is 0. The Labute approximate surface area is 36.9 Å². The molecule has 1 aliphatic carbocycles. The third-order valence-corrected chi connectivity index (χ3v) is 1.28. The lowest BCUT2D eigenvalue weighted by Crippen LogP contribution is -2.01. The zero-order valence-electron chi connectivity index (χ0n) is 3.73. The number of hydrogen-bond acceptors (Lipinski definition) is 2. The highest BCUT2D eigenvalue weighted by atomic mass is 14.8. The topological polar surface area (TPSA) is 49.9 Å². The Hall–Kier alpha value is -0.370. The van der Waals surface area contributed by atoms with Gasteiger partial charge in [-0.15, -0.1) is 0 Å². The minimum absolute atomic E-state index is 0.102. The largest absolute Gasteiger partial charge is 0.322 e. The summed E-state index contributed by atoms with van der Waals surface area (Å²) in [7, 11) is 0. The first-order valence-corrected chi connectivity index (χ1v) is 2.07. The first-order valence-electron chi connectivity index (χ1n) is 2.07. The van der Waals surface area contributed by atoms with Crippen molar-refractivity contribution in [3.63, 3.8) is 0 Å². The van der Waals surface area contributed by atoms with Crippen LogP contribution in [0.3, 0.4) is 0 Å². The second-order valence-corrected chi connectivity index (χ2v) is 1.77. The van der Waals surface area contributed by atoms with Gasteiger partial charge in [0.1, 0.15) is 0 Å². The second-order valence-electron chi connectivity index (χ2n) is 1.77. The van der Waals surface area contributed by atoms with Crippen LogP contribution in [-0.2, 0) is 0 Å². The molecule has 2 nitrogen and oxygen atoms in total. The van der Waals surface area contributed by atoms with Crippen LogP contribution in [0.15, 0.2) is 0 Å². The van der Waals surface area contributed by atoms with E-state index >= 15 is 0 Å². The van der Waals surface area contributed by atoms with E-state index in [0.717, 1.165) is 0 Å². The van der Waals surface area contributed by atoms with E-state index in [1.807, 2.05) is 6.92 Å². The molecular weight excluding hydrogens is 76.1 g/mol. The molecule has 0 spiro atoms. The van der Waals surface area contributed by atoms with Gasteiger partial charge in [-0.2, -0.15) is 0 Å². The molecule has 0 radical (unpaired) electrons. The van der Waals surface area contributed by atoms with E-state index in [-0.39, 0.29) is 6.04 Å². The van der Waals surface area contributed by atoms with E-state index in [2.05, 4.69) is 0 Å². The maximum Gasteiger partial charge on any atom is 0.0505 e. The van der Waals surface area contributed by atoms with Crippen molar-refractivity contribution in [3.8, 4) is 0 Å². The summed E-state index contributed by atoms with van der Waals surface area (Å²) in [5, 5.41) is 6.90. The molecule has 0 amide bonds. The van der Waals surface area contributed by atoms with Gasteiger partial charge in [0.05, 0.1) is 6.04 Å². The van der Waals surface area contributed by atoms with Crippen LogP contribution in [0.5, 0.6) is 0 Å². The minimum Gasteiger partial charge on any atom is -0.322 e. The fraction of sp³-hybridized carbons (Fsp3) is 0.750. The Bertz CT molecular complexity index is 77.5. The Morgan fingerprint density at radius 3 is 2.00 bits per heavy atom. The molecule has 0 aromatic carbocycles. The lowest BCUT2D eigenvalue weighted by atomic mass is 10.5. The van der Waals surface area contributed by atoms with Crippen molar-refractivity contribution in [2.24, 2.45) is 11.7 Å². The summed E-state index contributed by atoms with van der Waals surface area (Å²) in [4.78, 5) is 0. The van der Waals surface area contributed by atoms with Gasteiger partial charge >= 0.3 is 0 Å². The van der Waals surface area contributed by atoms with Gasteiger partial charge in [-0.25, -0.2) is 0 Å². The third kappa shape index (κ3) is 0.271. The van der Waals surface area contributed by atoms with Gasteiger partial charge < -0.3 is 11.1 Å². The number of rotatable bonds is 0. The summed E-state index contributed by atoms with van der Waals surface area (Å²) in [5.41, 5.74) is 5.99. The summed E-state index contributed by atoms with van der Waals surface area (Å²) < 4.78 is 0. The molecule has 1 fully saturated rings. The first-order chi connectivity index (χ1) is 2.73. The summed E-state index contributed by atoms with van der Waals surface area (Å²) in [6.45, 7) is 1.97. The molecule has 2 heteroatoms. The molecule has 1 rings (SSSR count). The molecule has 2 unspecified atom stereocenters. The van der Waals surface area contributed by atoms with Crippen LogP contribution < -0.4 is 5.73 Å². The highest BCUT2D eigenvalue weighted by molar-refractivity contribution is 6.04. The molecule has 6 heavy (non-hydrogen) atoms. The Morgan fingerprint density at radius 1 is 1.83 bits per heavy atom. The standard InChI is InChI=1S/C4H8N2/c1-2-3(5)4(2)6/h2-3,6H,5H2,1H3. The zero-order chi connectivity index (χ0) is 4.73. The van der Waals surface area contributed by atoms with Gasteiger partial charge in [-0.3, -0.25) is 0 Å².